The smallest absolute Gasteiger partial charge is 0.409 e. The lowest BCUT2D eigenvalue weighted by Crippen LogP contribution is -2.47. The number of nitrogens with zero attached hydrogens (tertiary/aromatic N) is 3. The van der Waals surface area contributed by atoms with E-state index in [-0.39, 0.29) is 11.7 Å². The molecule has 7 nitrogen and oxygen atoms in total. The van der Waals surface area contributed by atoms with Crippen LogP contribution in [0.15, 0.2) is 30.0 Å². The van der Waals surface area contributed by atoms with Gasteiger partial charge in [0.2, 0.25) is 0 Å². The first kappa shape index (κ1) is 20.0. The molecule has 1 aromatic rings. The zero-order valence-electron chi connectivity index (χ0n) is 14.8. The number of carbonyl (C=O) groups excluding carboxylic acids is 2. The van der Waals surface area contributed by atoms with Gasteiger partial charge in [-0.05, 0) is 60.2 Å². The monoisotopic (exact) mass is 468 g/mol. The molecule has 0 aliphatic carbocycles. The number of rotatable bonds is 4. The molecule has 0 radical (unpaired) electrons. The van der Waals surface area contributed by atoms with Crippen LogP contribution in [-0.2, 0) is 9.53 Å². The van der Waals surface area contributed by atoms with Gasteiger partial charge in [0.25, 0.3) is 5.91 Å². The van der Waals surface area contributed by atoms with E-state index in [0.29, 0.717) is 38.5 Å². The Kier molecular flexibility index (Phi) is 7.26. The number of amides is 2. The summed E-state index contributed by atoms with van der Waals surface area (Å²) in [5.74, 6) is -0.440. The Morgan fingerprint density at radius 1 is 1.35 bits per heavy atom. The quantitative estimate of drug-likeness (QED) is 0.418. The molecule has 0 atom stereocenters. The fraction of sp³-hybridized carbons (Fsp3) is 0.389. The van der Waals surface area contributed by atoms with Gasteiger partial charge in [0, 0.05) is 41.6 Å². The predicted octanol–water partition coefficient (Wildman–Crippen LogP) is 2.72. The summed E-state index contributed by atoms with van der Waals surface area (Å²) in [6.45, 7) is 6.08. The summed E-state index contributed by atoms with van der Waals surface area (Å²) in [7, 11) is 0. The number of halogens is 1. The van der Waals surface area contributed by atoms with Crippen molar-refractivity contribution in [1.29, 1.82) is 5.26 Å². The van der Waals surface area contributed by atoms with Crippen molar-refractivity contribution in [3.05, 3.63) is 39.1 Å². The fourth-order valence-electron chi connectivity index (χ4n) is 2.53. The molecule has 8 heteroatoms. The molecule has 138 valence electrons. The Morgan fingerprint density at radius 3 is 2.62 bits per heavy atom. The summed E-state index contributed by atoms with van der Waals surface area (Å²) in [6, 6.07) is 7.63. The third kappa shape index (κ3) is 5.36. The molecule has 1 saturated heterocycles. The minimum atomic E-state index is -0.440. The number of benzene rings is 1. The zero-order valence-corrected chi connectivity index (χ0v) is 16.9. The molecule has 2 rings (SSSR count). The lowest BCUT2D eigenvalue weighted by molar-refractivity contribution is -0.112. The van der Waals surface area contributed by atoms with E-state index in [1.807, 2.05) is 36.1 Å². The van der Waals surface area contributed by atoms with E-state index < -0.39 is 5.91 Å². The molecule has 0 aromatic heterocycles. The second-order valence-corrected chi connectivity index (χ2v) is 7.04. The first-order valence-corrected chi connectivity index (χ1v) is 9.37. The highest BCUT2D eigenvalue weighted by atomic mass is 127. The molecule has 0 saturated carbocycles. The molecular weight excluding hydrogens is 447 g/mol. The summed E-state index contributed by atoms with van der Waals surface area (Å²) >= 11 is 2.20. The number of ether oxygens (including phenoxy) is 1. The maximum absolute atomic E-state index is 12.4. The summed E-state index contributed by atoms with van der Waals surface area (Å²) in [4.78, 5) is 27.6. The Hall–Kier alpha value is -2.28. The summed E-state index contributed by atoms with van der Waals surface area (Å²) in [5.41, 5.74) is 1.65. The van der Waals surface area contributed by atoms with Gasteiger partial charge in [-0.25, -0.2) is 4.79 Å². The Balaban J connectivity index is 1.98. The summed E-state index contributed by atoms with van der Waals surface area (Å²) in [5, 5.41) is 12.1. The standard InChI is InChI=1S/C18H21IN4O3/c1-3-26-18(25)23-8-6-22(7-9-23)12-14(11-20)17(24)21-16-5-4-15(19)10-13(16)2/h4-5,10,12H,3,6-9H2,1-2H3,(H,21,24)/b14-12-. The van der Waals surface area contributed by atoms with E-state index in [9.17, 15) is 14.9 Å². The third-order valence-corrected chi connectivity index (χ3v) is 4.62. The lowest BCUT2D eigenvalue weighted by atomic mass is 10.2. The van der Waals surface area contributed by atoms with Gasteiger partial charge in [0.05, 0.1) is 6.61 Å². The zero-order chi connectivity index (χ0) is 19.1. The summed E-state index contributed by atoms with van der Waals surface area (Å²) in [6.07, 6.45) is 1.23. The van der Waals surface area contributed by atoms with Gasteiger partial charge in [-0.3, -0.25) is 4.79 Å². The highest BCUT2D eigenvalue weighted by molar-refractivity contribution is 14.1. The molecule has 1 heterocycles. The van der Waals surface area contributed by atoms with Crippen LogP contribution in [0.3, 0.4) is 0 Å². The average molecular weight is 468 g/mol. The first-order chi connectivity index (χ1) is 12.4. The molecule has 0 unspecified atom stereocenters. The van der Waals surface area contributed by atoms with Crippen LogP contribution in [0.5, 0.6) is 0 Å². The normalized spacial score (nSPS) is 14.6. The molecule has 2 amide bonds. The van der Waals surface area contributed by atoms with E-state index in [0.717, 1.165) is 9.13 Å². The van der Waals surface area contributed by atoms with Crippen LogP contribution in [0.1, 0.15) is 12.5 Å². The van der Waals surface area contributed by atoms with Crippen molar-refractivity contribution >= 4 is 40.3 Å². The van der Waals surface area contributed by atoms with E-state index in [1.165, 1.54) is 0 Å². The molecule has 0 spiro atoms. The van der Waals surface area contributed by atoms with Crippen molar-refractivity contribution in [2.24, 2.45) is 0 Å². The molecule has 1 fully saturated rings. The Bertz CT molecular complexity index is 749. The van der Waals surface area contributed by atoms with Crippen LogP contribution in [0.2, 0.25) is 0 Å². The van der Waals surface area contributed by atoms with Crippen molar-refractivity contribution in [2.75, 3.05) is 38.1 Å². The number of hydrogen-bond acceptors (Lipinski definition) is 5. The number of piperazine rings is 1. The minimum Gasteiger partial charge on any atom is -0.450 e. The van der Waals surface area contributed by atoms with Crippen molar-refractivity contribution in [3.8, 4) is 6.07 Å². The largest absolute Gasteiger partial charge is 0.450 e. The number of nitriles is 1. The number of carbonyl (C=O) groups is 2. The van der Waals surface area contributed by atoms with E-state index in [2.05, 4.69) is 27.9 Å². The van der Waals surface area contributed by atoms with Gasteiger partial charge in [-0.2, -0.15) is 5.26 Å². The maximum Gasteiger partial charge on any atom is 0.409 e. The highest BCUT2D eigenvalue weighted by Gasteiger charge is 2.21. The minimum absolute atomic E-state index is 0.0348. The van der Waals surface area contributed by atoms with E-state index >= 15 is 0 Å². The Labute approximate surface area is 166 Å². The van der Waals surface area contributed by atoms with E-state index in [1.54, 1.807) is 18.0 Å². The van der Waals surface area contributed by atoms with Crippen LogP contribution >= 0.6 is 22.6 Å². The topological polar surface area (TPSA) is 85.7 Å². The van der Waals surface area contributed by atoms with Gasteiger partial charge in [-0.1, -0.05) is 0 Å². The van der Waals surface area contributed by atoms with Crippen LogP contribution in [0.4, 0.5) is 10.5 Å². The number of aryl methyl sites for hydroxylation is 1. The lowest BCUT2D eigenvalue weighted by Gasteiger charge is -2.33. The molecule has 1 aliphatic heterocycles. The third-order valence-electron chi connectivity index (χ3n) is 3.95. The van der Waals surface area contributed by atoms with Crippen LogP contribution in [0.25, 0.3) is 0 Å². The van der Waals surface area contributed by atoms with Crippen molar-refractivity contribution in [1.82, 2.24) is 9.80 Å². The maximum atomic E-state index is 12.4. The van der Waals surface area contributed by atoms with E-state index in [4.69, 9.17) is 4.74 Å². The van der Waals surface area contributed by atoms with Gasteiger partial charge < -0.3 is 19.9 Å². The number of hydrogen-bond donors (Lipinski definition) is 1. The number of nitrogens with one attached hydrogen (secondary N) is 1. The first-order valence-electron chi connectivity index (χ1n) is 8.29. The fourth-order valence-corrected chi connectivity index (χ4v) is 3.17. The van der Waals surface area contributed by atoms with Gasteiger partial charge in [-0.15, -0.1) is 0 Å². The van der Waals surface area contributed by atoms with Crippen molar-refractivity contribution in [3.63, 3.8) is 0 Å². The molecule has 1 N–H and O–H groups in total. The molecular formula is C18H21IN4O3. The van der Waals surface area contributed by atoms with Crippen LogP contribution in [0, 0.1) is 21.8 Å². The molecule has 1 aromatic carbocycles. The summed E-state index contributed by atoms with van der Waals surface area (Å²) < 4.78 is 6.06. The molecule has 0 bridgehead atoms. The average Bonchev–Trinajstić information content (AvgIpc) is 2.62. The Morgan fingerprint density at radius 2 is 2.04 bits per heavy atom. The SMILES string of the molecule is CCOC(=O)N1CCN(/C=C(/C#N)C(=O)Nc2ccc(I)cc2C)CC1. The molecule has 1 aliphatic rings. The van der Waals surface area contributed by atoms with Crippen molar-refractivity contribution in [2.45, 2.75) is 13.8 Å². The second kappa shape index (κ2) is 9.43. The number of anilines is 1. The van der Waals surface area contributed by atoms with Gasteiger partial charge in [0.15, 0.2) is 0 Å². The predicted molar refractivity (Wildman–Crippen MR) is 106 cm³/mol. The van der Waals surface area contributed by atoms with Crippen LogP contribution < -0.4 is 5.32 Å². The van der Waals surface area contributed by atoms with Gasteiger partial charge in [0.1, 0.15) is 11.6 Å². The molecule has 26 heavy (non-hydrogen) atoms. The van der Waals surface area contributed by atoms with Gasteiger partial charge >= 0.3 is 6.09 Å². The highest BCUT2D eigenvalue weighted by Crippen LogP contribution is 2.18. The van der Waals surface area contributed by atoms with Crippen LogP contribution in [-0.4, -0.2) is 54.6 Å². The second-order valence-electron chi connectivity index (χ2n) is 5.79. The van der Waals surface area contributed by atoms with Crippen molar-refractivity contribution < 1.29 is 14.3 Å².